The van der Waals surface area contributed by atoms with E-state index in [2.05, 4.69) is 112 Å². The second kappa shape index (κ2) is 50.1. The van der Waals surface area contributed by atoms with E-state index in [-0.39, 0.29) is 98.4 Å². The van der Waals surface area contributed by atoms with Crippen LogP contribution in [0.25, 0.3) is 24.3 Å². The standard InChI is InChI=1S/C44H50N14O8S2.C42H52N14O9S2.2CH4/c59-27-25-55-17-21-57(22-18-55)43-51-39(45-33-7-3-1-4-8-33)49-41(53-43)47-35-15-13-31(37(29-35)67-66-65-61)11-12-32-14-16-36(30-38(32)68(62,63)64)48-42-50-40(46-34-9-5-2-6-10-34)52-44(54-42)58-23-19-56(20-24-58)26-28-60;57-24-20-52-12-16-54(17-13-52)40-47-37(43-32-4-2-1-3-5-32)46-38(48-40)45-34-11-9-31(36(29-34)67(60,61)62)7-6-30-8-10-33(28-35(30)66-65-64-59)44-39-49-41(55-18-14-53(15-19-55)21-25-58)51-42(50-39)56-22-26-63-27-23-56;;/h1-16,29-30,59-61H,17-28H2,(H,62,63,64)(H2,45,47,49,51,53)(H2,46,48,50,52,54);1-11,28-29,57-59H,12-27H2,(H,60,61,62)(H,44,49,50,51)(H2,43,45,46,47,48);2*1H4/b12-11+;7-6+;;. The van der Waals surface area contributed by atoms with Gasteiger partial charge in [-0.15, -0.1) is 8.67 Å². The lowest BCUT2D eigenvalue weighted by atomic mass is 10.1. The molecule has 7 aromatic carbocycles. The quantitative estimate of drug-likeness (QED) is 0.00560. The molecule has 0 saturated carbocycles. The topological polar surface area (TPSA) is 544 Å². The molecular weight excluding hydrogens is 1850 g/mol. The highest BCUT2D eigenvalue weighted by molar-refractivity contribution is 7.95. The largest absolute Gasteiger partial charge is 0.395 e. The molecule has 0 atom stereocenters. The van der Waals surface area contributed by atoms with Gasteiger partial charge in [-0.05, 0) is 107 Å². The summed E-state index contributed by atoms with van der Waals surface area (Å²) in [4.78, 5) is 75.2. The van der Waals surface area contributed by atoms with Gasteiger partial charge >= 0.3 is 0 Å². The summed E-state index contributed by atoms with van der Waals surface area (Å²) in [6.07, 6.45) is 6.27. The van der Waals surface area contributed by atoms with Crippen LogP contribution in [0.15, 0.2) is 183 Å². The molecule has 5 aliphatic rings. The average molecular weight is 1960 g/mol. The van der Waals surface area contributed by atoms with Crippen LogP contribution in [-0.2, 0) is 43.7 Å². The van der Waals surface area contributed by atoms with Crippen LogP contribution >= 0.6 is 24.1 Å². The van der Waals surface area contributed by atoms with E-state index in [1.54, 1.807) is 60.7 Å². The molecule has 4 aromatic heterocycles. The van der Waals surface area contributed by atoms with Crippen molar-refractivity contribution in [1.82, 2.24) is 79.4 Å². The fraction of sp³-hybridized carbons (Fsp3) is 0.341. The van der Waals surface area contributed by atoms with Crippen molar-refractivity contribution in [3.05, 3.63) is 186 Å². The zero-order valence-corrected chi connectivity index (χ0v) is 76.2. The molecule has 15 N–H and O–H groups in total. The molecule has 0 radical (unpaired) electrons. The number of nitrogens with one attached hydrogen (secondary N) is 7. The van der Waals surface area contributed by atoms with Crippen LogP contribution in [0.3, 0.4) is 0 Å². The summed E-state index contributed by atoms with van der Waals surface area (Å²) in [5.41, 5.74) is 5.32. The predicted molar refractivity (Wildman–Crippen MR) is 526 cm³/mol. The van der Waals surface area contributed by atoms with Gasteiger partial charge in [0.05, 0.1) is 63.7 Å². The number of ether oxygens (including phenoxy) is 1. The molecule has 49 heteroatoms. The van der Waals surface area contributed by atoms with Crippen molar-refractivity contribution < 1.29 is 80.4 Å². The fourth-order valence-electron chi connectivity index (χ4n) is 15.1. The molecule has 0 unspecified atom stereocenters. The maximum Gasteiger partial charge on any atom is 0.295 e. The normalized spacial score (nSPS) is 15.4. The Kier molecular flexibility index (Phi) is 37.3. The van der Waals surface area contributed by atoms with Crippen molar-refractivity contribution in [3.63, 3.8) is 0 Å². The van der Waals surface area contributed by atoms with Gasteiger partial charge in [-0.2, -0.15) is 76.6 Å². The number of anilines is 19. The summed E-state index contributed by atoms with van der Waals surface area (Å²) in [5, 5.41) is 86.0. The molecule has 728 valence electrons. The summed E-state index contributed by atoms with van der Waals surface area (Å²) < 4.78 is 87.6. The Hall–Kier alpha value is -12.4. The highest BCUT2D eigenvalue weighted by atomic mass is 32.2. The molecule has 5 saturated heterocycles. The van der Waals surface area contributed by atoms with Gasteiger partial charge in [0, 0.05) is 194 Å². The summed E-state index contributed by atoms with van der Waals surface area (Å²) in [6, 6.07) is 47.5. The number of rotatable bonds is 39. The van der Waals surface area contributed by atoms with Gasteiger partial charge in [0.25, 0.3) is 20.2 Å². The number of aliphatic hydroxyl groups excluding tert-OH is 4. The highest BCUT2D eigenvalue weighted by Gasteiger charge is 2.29. The summed E-state index contributed by atoms with van der Waals surface area (Å²) >= 11 is 1.40. The summed E-state index contributed by atoms with van der Waals surface area (Å²) in [5.74, 6) is 3.91. The Labute approximate surface area is 800 Å². The van der Waals surface area contributed by atoms with Gasteiger partial charge < -0.3 is 86.9 Å². The average Bonchev–Trinajstić information content (AvgIpc) is 0.812. The molecular formula is C88H110N28O17S4. The van der Waals surface area contributed by atoms with E-state index >= 15 is 0 Å². The third kappa shape index (κ3) is 29.3. The molecule has 9 heterocycles. The molecule has 0 aliphatic carbocycles. The summed E-state index contributed by atoms with van der Waals surface area (Å²) in [6.45, 7) is 15.8. The minimum atomic E-state index is -4.76. The third-order valence-electron chi connectivity index (χ3n) is 22.0. The lowest BCUT2D eigenvalue weighted by Crippen LogP contribution is -2.48. The maximum absolute atomic E-state index is 12.9. The van der Waals surface area contributed by atoms with Crippen LogP contribution in [0.1, 0.15) is 37.1 Å². The minimum Gasteiger partial charge on any atom is -0.395 e. The Morgan fingerprint density at radius 3 is 0.818 bits per heavy atom. The van der Waals surface area contributed by atoms with Crippen molar-refractivity contribution in [1.29, 1.82) is 0 Å². The van der Waals surface area contributed by atoms with Gasteiger partial charge in [0.15, 0.2) is 0 Å². The lowest BCUT2D eigenvalue weighted by molar-refractivity contribution is -0.432. The van der Waals surface area contributed by atoms with Gasteiger partial charge in [-0.1, -0.05) is 128 Å². The van der Waals surface area contributed by atoms with E-state index in [0.717, 1.165) is 43.2 Å². The number of aliphatic hydroxyl groups is 4. The first-order valence-corrected chi connectivity index (χ1v) is 47.5. The van der Waals surface area contributed by atoms with Crippen LogP contribution in [0.5, 0.6) is 0 Å². The second-order valence-electron chi connectivity index (χ2n) is 31.0. The number of β-amino-alcohol motifs (C(OH)–C–C–N with tert-alkyl or cyclic N) is 4. The van der Waals surface area contributed by atoms with Crippen molar-refractivity contribution in [2.45, 2.75) is 34.4 Å². The van der Waals surface area contributed by atoms with E-state index in [1.807, 2.05) is 106 Å². The molecule has 0 bridgehead atoms. The molecule has 137 heavy (non-hydrogen) atoms. The van der Waals surface area contributed by atoms with Gasteiger partial charge in [-0.3, -0.25) is 28.7 Å². The van der Waals surface area contributed by atoms with Crippen molar-refractivity contribution in [2.24, 2.45) is 0 Å². The Morgan fingerprint density at radius 2 is 0.547 bits per heavy atom. The number of aromatic nitrogens is 12. The maximum atomic E-state index is 12.9. The second-order valence-corrected chi connectivity index (χ2v) is 35.2. The first-order valence-electron chi connectivity index (χ1n) is 43.2. The van der Waals surface area contributed by atoms with Crippen LogP contribution in [0.4, 0.5) is 111 Å². The van der Waals surface area contributed by atoms with E-state index in [4.69, 9.17) is 48.8 Å². The van der Waals surface area contributed by atoms with Gasteiger partial charge in [0.1, 0.15) is 9.79 Å². The Balaban J connectivity index is 0.000000228. The molecule has 5 fully saturated rings. The number of hydrogen-bond donors (Lipinski definition) is 15. The number of hydrogen-bond acceptors (Lipinski definition) is 45. The first kappa shape index (κ1) is 102. The molecule has 0 spiro atoms. The van der Waals surface area contributed by atoms with E-state index in [1.165, 1.54) is 36.4 Å². The third-order valence-corrected chi connectivity index (χ3v) is 25.1. The predicted octanol–water partition coefficient (Wildman–Crippen LogP) is 9.58. The number of para-hydroxylation sites is 3. The van der Waals surface area contributed by atoms with Gasteiger partial charge in [0.2, 0.25) is 71.4 Å². The number of morpholine rings is 1. The first-order chi connectivity index (χ1) is 65.7. The van der Waals surface area contributed by atoms with Crippen LogP contribution < -0.4 is 61.7 Å². The zero-order chi connectivity index (χ0) is 93.9. The van der Waals surface area contributed by atoms with Crippen LogP contribution in [0.2, 0.25) is 0 Å². The van der Waals surface area contributed by atoms with E-state index in [0.29, 0.717) is 229 Å². The van der Waals surface area contributed by atoms with Gasteiger partial charge in [-0.25, -0.2) is 10.5 Å². The minimum absolute atomic E-state index is 0. The van der Waals surface area contributed by atoms with E-state index < -0.39 is 25.1 Å². The summed E-state index contributed by atoms with van der Waals surface area (Å²) in [7, 11) is -9.52. The SMILES string of the molecule is C.C.O=S(=O)(O)c1cc(Nc2nc(Nc3ccccc3)nc(N3CCN(CCO)CC3)n2)ccc1/C=C/c1ccc(Nc2nc(N3CCOCC3)nc(N3CCN(CCO)CC3)n2)cc1SOOO.O=S(=O)(O)c1cc(Nc2nc(Nc3ccccc3)nc(N3CCN(CCO)CC3)n2)ccc1/C=C/c1ccc(Nc2nc(Nc3ccccc3)nc(N3CCN(CCO)CC3)n2)cc1SOOO. The van der Waals surface area contributed by atoms with E-state index in [9.17, 15) is 46.4 Å². The van der Waals surface area contributed by atoms with Crippen LogP contribution in [0, 0.1) is 0 Å². The number of piperazine rings is 4. The van der Waals surface area contributed by atoms with Crippen LogP contribution in [-0.4, -0.2) is 320 Å². The smallest absolute Gasteiger partial charge is 0.295 e. The number of benzene rings is 7. The molecule has 16 rings (SSSR count). The fourth-order valence-corrected chi connectivity index (χ4v) is 17.5. The monoisotopic (exact) mass is 1960 g/mol. The molecule has 11 aromatic rings. The Bertz CT molecular complexity index is 6040. The van der Waals surface area contributed by atoms with Crippen molar-refractivity contribution in [3.8, 4) is 0 Å². The molecule has 0 amide bonds. The zero-order valence-electron chi connectivity index (χ0n) is 73.0. The molecule has 5 aliphatic heterocycles. The Morgan fingerprint density at radius 1 is 0.307 bits per heavy atom. The molecule has 45 nitrogen and oxygen atoms in total. The van der Waals surface area contributed by atoms with Crippen molar-refractivity contribution in [2.75, 3.05) is 245 Å². The number of nitrogens with zero attached hydrogens (tertiary/aromatic N) is 21. The lowest BCUT2D eigenvalue weighted by Gasteiger charge is -2.35. The van der Waals surface area contributed by atoms with Crippen molar-refractivity contribution >= 4 is 180 Å². The highest BCUT2D eigenvalue weighted by Crippen LogP contribution is 2.36.